The lowest BCUT2D eigenvalue weighted by Crippen LogP contribution is -2.14. The van der Waals surface area contributed by atoms with E-state index in [1.54, 1.807) is 0 Å². The second kappa shape index (κ2) is 3.34. The molecule has 3 nitrogen and oxygen atoms in total. The van der Waals surface area contributed by atoms with Crippen molar-refractivity contribution in [2.45, 2.75) is 19.0 Å². The van der Waals surface area contributed by atoms with Crippen molar-refractivity contribution >= 4 is 12.4 Å². The average Bonchev–Trinajstić information content (AvgIpc) is 2.21. The number of nitrogens with zero attached hydrogens (tertiary/aromatic N) is 2. The van der Waals surface area contributed by atoms with Gasteiger partial charge in [0, 0.05) is 25.0 Å². The van der Waals surface area contributed by atoms with Gasteiger partial charge in [-0.25, -0.2) is 0 Å². The van der Waals surface area contributed by atoms with Crippen molar-refractivity contribution in [1.82, 2.24) is 5.32 Å². The molecule has 0 fully saturated rings. The maximum atomic E-state index is 4.29. The van der Waals surface area contributed by atoms with Gasteiger partial charge in [-0.2, -0.15) is 0 Å². The summed E-state index contributed by atoms with van der Waals surface area (Å²) in [4.78, 5) is 8.58. The zero-order chi connectivity index (χ0) is 8.23. The lowest BCUT2D eigenvalue weighted by atomic mass is 10.1. The number of allylic oxidation sites excluding steroid dienone is 1. The van der Waals surface area contributed by atoms with E-state index in [-0.39, 0.29) is 6.17 Å². The van der Waals surface area contributed by atoms with Crippen LogP contribution in [-0.4, -0.2) is 18.6 Å². The molecule has 2 aliphatic heterocycles. The fraction of sp³-hybridized carbons (Fsp3) is 0.333. The Hall–Kier alpha value is -1.38. The Balaban J connectivity index is 2.08. The quantitative estimate of drug-likeness (QED) is 0.617. The van der Waals surface area contributed by atoms with E-state index in [0.717, 1.165) is 12.8 Å². The lowest BCUT2D eigenvalue weighted by Gasteiger charge is -2.15. The fourth-order valence-corrected chi connectivity index (χ4v) is 1.26. The highest BCUT2D eigenvalue weighted by atomic mass is 15.0. The van der Waals surface area contributed by atoms with Crippen LogP contribution in [0.15, 0.2) is 34.0 Å². The highest BCUT2D eigenvalue weighted by Crippen LogP contribution is 2.15. The normalized spacial score (nSPS) is 22.2. The van der Waals surface area contributed by atoms with Crippen LogP contribution in [0, 0.1) is 0 Å². The number of aliphatic imine (C=N–C) groups is 2. The van der Waals surface area contributed by atoms with Gasteiger partial charge in [0.05, 0.1) is 0 Å². The van der Waals surface area contributed by atoms with Crippen LogP contribution in [0.2, 0.25) is 0 Å². The van der Waals surface area contributed by atoms with Gasteiger partial charge < -0.3 is 5.32 Å². The molecule has 3 heteroatoms. The summed E-state index contributed by atoms with van der Waals surface area (Å²) >= 11 is 0. The van der Waals surface area contributed by atoms with Crippen molar-refractivity contribution in [3.05, 3.63) is 24.0 Å². The number of nitrogens with one attached hydrogen (secondary N) is 1. The molecule has 0 radical (unpaired) electrons. The molecule has 0 bridgehead atoms. The van der Waals surface area contributed by atoms with E-state index in [9.17, 15) is 0 Å². The lowest BCUT2D eigenvalue weighted by molar-refractivity contribution is 0.777. The van der Waals surface area contributed by atoms with E-state index >= 15 is 0 Å². The van der Waals surface area contributed by atoms with Gasteiger partial charge in [-0.15, -0.1) is 0 Å². The van der Waals surface area contributed by atoms with Crippen LogP contribution in [0.3, 0.4) is 0 Å². The summed E-state index contributed by atoms with van der Waals surface area (Å²) in [6.07, 6.45) is 11.7. The second-order valence-corrected chi connectivity index (χ2v) is 2.77. The van der Waals surface area contributed by atoms with Crippen LogP contribution in [0.4, 0.5) is 0 Å². The van der Waals surface area contributed by atoms with Gasteiger partial charge in [0.2, 0.25) is 0 Å². The molecule has 62 valence electrons. The molecule has 12 heavy (non-hydrogen) atoms. The first-order chi connectivity index (χ1) is 5.97. The summed E-state index contributed by atoms with van der Waals surface area (Å²) in [7, 11) is 0. The Morgan fingerprint density at radius 3 is 2.83 bits per heavy atom. The molecule has 0 amide bonds. The molecule has 0 atom stereocenters. The third-order valence-corrected chi connectivity index (χ3v) is 1.87. The number of hydrogen-bond acceptors (Lipinski definition) is 3. The molecule has 2 heterocycles. The van der Waals surface area contributed by atoms with E-state index in [1.165, 1.54) is 5.57 Å². The van der Waals surface area contributed by atoms with Crippen molar-refractivity contribution in [1.29, 1.82) is 0 Å². The van der Waals surface area contributed by atoms with E-state index < -0.39 is 0 Å². The molecule has 0 unspecified atom stereocenters. The third-order valence-electron chi connectivity index (χ3n) is 1.87. The predicted octanol–water partition coefficient (Wildman–Crippen LogP) is 1.25. The smallest absolute Gasteiger partial charge is 0.162 e. The average molecular weight is 161 g/mol. The molecular weight excluding hydrogens is 150 g/mol. The molecule has 0 saturated carbocycles. The largest absolute Gasteiger partial charge is 0.368 e. The van der Waals surface area contributed by atoms with Gasteiger partial charge in [-0.3, -0.25) is 9.98 Å². The maximum absolute atomic E-state index is 4.29. The SMILES string of the molecule is C1=CNC=C(C2N=CCC=N2)C1. The van der Waals surface area contributed by atoms with Crippen molar-refractivity contribution in [2.75, 3.05) is 0 Å². The minimum atomic E-state index is 0.0243. The number of rotatable bonds is 1. The molecule has 0 aromatic rings. The topological polar surface area (TPSA) is 36.8 Å². The summed E-state index contributed by atoms with van der Waals surface area (Å²) in [6.45, 7) is 0. The van der Waals surface area contributed by atoms with E-state index in [4.69, 9.17) is 0 Å². The third kappa shape index (κ3) is 1.44. The molecule has 2 rings (SSSR count). The zero-order valence-corrected chi connectivity index (χ0v) is 6.77. The summed E-state index contributed by atoms with van der Waals surface area (Å²) in [5.41, 5.74) is 1.23. The minimum Gasteiger partial charge on any atom is -0.368 e. The van der Waals surface area contributed by atoms with Crippen molar-refractivity contribution < 1.29 is 0 Å². The van der Waals surface area contributed by atoms with E-state index in [2.05, 4.69) is 21.4 Å². The highest BCUT2D eigenvalue weighted by Gasteiger charge is 2.11. The zero-order valence-electron chi connectivity index (χ0n) is 6.77. The summed E-state index contributed by atoms with van der Waals surface area (Å²) in [5, 5.41) is 3.04. The molecule has 2 aliphatic rings. The fourth-order valence-electron chi connectivity index (χ4n) is 1.26. The molecule has 0 aromatic carbocycles. The van der Waals surface area contributed by atoms with E-state index in [1.807, 2.05) is 24.8 Å². The van der Waals surface area contributed by atoms with Gasteiger partial charge in [-0.1, -0.05) is 6.08 Å². The number of hydrogen-bond donors (Lipinski definition) is 1. The van der Waals surface area contributed by atoms with Crippen LogP contribution in [0.5, 0.6) is 0 Å². The molecular formula is C9H11N3. The first-order valence-electron chi connectivity index (χ1n) is 4.10. The summed E-state index contributed by atoms with van der Waals surface area (Å²) in [6, 6.07) is 0. The monoisotopic (exact) mass is 161 g/mol. The maximum Gasteiger partial charge on any atom is 0.162 e. The van der Waals surface area contributed by atoms with Crippen LogP contribution < -0.4 is 5.32 Å². The molecule has 0 saturated heterocycles. The van der Waals surface area contributed by atoms with Crippen LogP contribution in [0.1, 0.15) is 12.8 Å². The summed E-state index contributed by atoms with van der Waals surface area (Å²) < 4.78 is 0. The standard InChI is InChI=1S/C9H11N3/c1-3-8(7-10-4-1)9-11-5-2-6-12-9/h1,4-7,9-10H,2-3H2. The van der Waals surface area contributed by atoms with Crippen LogP contribution in [-0.2, 0) is 0 Å². The molecule has 0 aromatic heterocycles. The van der Waals surface area contributed by atoms with Gasteiger partial charge in [-0.05, 0) is 18.2 Å². The first kappa shape index (κ1) is 7.28. The van der Waals surface area contributed by atoms with Gasteiger partial charge in [0.1, 0.15) is 0 Å². The minimum absolute atomic E-state index is 0.0243. The van der Waals surface area contributed by atoms with Crippen LogP contribution >= 0.6 is 0 Å². The Bertz CT molecular complexity index is 261. The molecule has 0 aliphatic carbocycles. The Morgan fingerprint density at radius 1 is 1.33 bits per heavy atom. The summed E-state index contributed by atoms with van der Waals surface area (Å²) in [5.74, 6) is 0. The Morgan fingerprint density at radius 2 is 2.17 bits per heavy atom. The van der Waals surface area contributed by atoms with Gasteiger partial charge in [0.25, 0.3) is 0 Å². The van der Waals surface area contributed by atoms with Crippen molar-refractivity contribution in [2.24, 2.45) is 9.98 Å². The van der Waals surface area contributed by atoms with Crippen LogP contribution in [0.25, 0.3) is 0 Å². The number of dihydropyridines is 1. The highest BCUT2D eigenvalue weighted by molar-refractivity contribution is 5.81. The predicted molar refractivity (Wildman–Crippen MR) is 50.4 cm³/mol. The van der Waals surface area contributed by atoms with Gasteiger partial charge in [0.15, 0.2) is 6.17 Å². The van der Waals surface area contributed by atoms with E-state index in [0.29, 0.717) is 0 Å². The Kier molecular flexibility index (Phi) is 2.03. The van der Waals surface area contributed by atoms with Crippen molar-refractivity contribution in [3.8, 4) is 0 Å². The second-order valence-electron chi connectivity index (χ2n) is 2.77. The Labute approximate surface area is 71.6 Å². The first-order valence-corrected chi connectivity index (χ1v) is 4.10. The molecule has 0 spiro atoms. The molecule has 1 N–H and O–H groups in total. The van der Waals surface area contributed by atoms with Gasteiger partial charge >= 0.3 is 0 Å². The van der Waals surface area contributed by atoms with Crippen molar-refractivity contribution in [3.63, 3.8) is 0 Å².